The quantitative estimate of drug-likeness (QED) is 0.861. The SMILES string of the molecule is CC(NS(=O)(=O)CC(=O)O)c1ccccc1Br. The minimum atomic E-state index is -3.82. The number of sulfonamides is 1. The Bertz CT molecular complexity index is 515. The summed E-state index contributed by atoms with van der Waals surface area (Å²) in [6, 6.07) is 6.65. The number of rotatable bonds is 5. The second-order valence-electron chi connectivity index (χ2n) is 3.51. The van der Waals surface area contributed by atoms with Crippen LogP contribution < -0.4 is 4.72 Å². The van der Waals surface area contributed by atoms with Crippen molar-refractivity contribution in [3.05, 3.63) is 34.3 Å². The third-order valence-corrected chi connectivity index (χ3v) is 4.10. The van der Waals surface area contributed by atoms with Crippen LogP contribution >= 0.6 is 15.9 Å². The highest BCUT2D eigenvalue weighted by atomic mass is 79.9. The van der Waals surface area contributed by atoms with Crippen molar-refractivity contribution in [1.82, 2.24) is 4.72 Å². The van der Waals surface area contributed by atoms with Crippen molar-refractivity contribution < 1.29 is 18.3 Å². The van der Waals surface area contributed by atoms with Gasteiger partial charge in [0.15, 0.2) is 5.75 Å². The van der Waals surface area contributed by atoms with Crippen LogP contribution in [0.4, 0.5) is 0 Å². The summed E-state index contributed by atoms with van der Waals surface area (Å²) in [5.74, 6) is -2.31. The number of hydrogen-bond donors (Lipinski definition) is 2. The van der Waals surface area contributed by atoms with Gasteiger partial charge in [0.05, 0.1) is 0 Å². The minimum Gasteiger partial charge on any atom is -0.480 e. The van der Waals surface area contributed by atoms with Crippen LogP contribution in [0.15, 0.2) is 28.7 Å². The molecule has 0 spiro atoms. The van der Waals surface area contributed by atoms with Crippen LogP contribution in [-0.2, 0) is 14.8 Å². The highest BCUT2D eigenvalue weighted by Crippen LogP contribution is 2.23. The van der Waals surface area contributed by atoms with E-state index in [0.29, 0.717) is 0 Å². The molecule has 0 bridgehead atoms. The number of carbonyl (C=O) groups is 1. The Kier molecular flexibility index (Phi) is 4.67. The van der Waals surface area contributed by atoms with Crippen LogP contribution in [0.2, 0.25) is 0 Å². The van der Waals surface area contributed by atoms with Crippen molar-refractivity contribution in [2.75, 3.05) is 5.75 Å². The highest BCUT2D eigenvalue weighted by Gasteiger charge is 2.20. The molecule has 0 radical (unpaired) electrons. The van der Waals surface area contributed by atoms with E-state index in [1.807, 2.05) is 6.07 Å². The fourth-order valence-corrected chi connectivity index (χ4v) is 3.07. The Morgan fingerprint density at radius 3 is 2.59 bits per heavy atom. The van der Waals surface area contributed by atoms with Crippen LogP contribution in [-0.4, -0.2) is 25.2 Å². The zero-order valence-corrected chi connectivity index (χ0v) is 11.5. The monoisotopic (exact) mass is 321 g/mol. The van der Waals surface area contributed by atoms with E-state index in [1.54, 1.807) is 25.1 Å². The Hall–Kier alpha value is -0.920. The van der Waals surface area contributed by atoms with E-state index in [1.165, 1.54) is 0 Å². The zero-order valence-electron chi connectivity index (χ0n) is 9.05. The predicted molar refractivity (Wildman–Crippen MR) is 67.1 cm³/mol. The molecule has 0 amide bonds. The van der Waals surface area contributed by atoms with E-state index < -0.39 is 27.8 Å². The third-order valence-electron chi connectivity index (χ3n) is 2.04. The lowest BCUT2D eigenvalue weighted by molar-refractivity contribution is -0.134. The molecule has 0 saturated carbocycles. The number of carboxylic acids is 1. The van der Waals surface area contributed by atoms with Gasteiger partial charge >= 0.3 is 5.97 Å². The van der Waals surface area contributed by atoms with Crippen LogP contribution in [0.25, 0.3) is 0 Å². The van der Waals surface area contributed by atoms with Crippen LogP contribution in [0.1, 0.15) is 18.5 Å². The molecule has 1 aromatic rings. The van der Waals surface area contributed by atoms with Crippen LogP contribution in [0.3, 0.4) is 0 Å². The molecule has 0 fully saturated rings. The molecule has 2 N–H and O–H groups in total. The maximum absolute atomic E-state index is 11.4. The molecule has 0 aromatic heterocycles. The molecule has 1 atom stereocenters. The topological polar surface area (TPSA) is 83.5 Å². The number of carboxylic acid groups (broad SMARTS) is 1. The van der Waals surface area contributed by atoms with Gasteiger partial charge in [-0.15, -0.1) is 0 Å². The number of aliphatic carboxylic acids is 1. The van der Waals surface area contributed by atoms with E-state index in [0.717, 1.165) is 10.0 Å². The van der Waals surface area contributed by atoms with Gasteiger partial charge in [0, 0.05) is 10.5 Å². The van der Waals surface area contributed by atoms with Crippen molar-refractivity contribution in [3.63, 3.8) is 0 Å². The second-order valence-corrected chi connectivity index (χ2v) is 6.12. The van der Waals surface area contributed by atoms with Gasteiger partial charge in [-0.2, -0.15) is 0 Å². The molecule has 0 aliphatic carbocycles. The van der Waals surface area contributed by atoms with Gasteiger partial charge in [0.25, 0.3) is 0 Å². The molecule has 7 heteroatoms. The van der Waals surface area contributed by atoms with Crippen LogP contribution in [0.5, 0.6) is 0 Å². The highest BCUT2D eigenvalue weighted by molar-refractivity contribution is 9.10. The molecular formula is C10H12BrNO4S. The van der Waals surface area contributed by atoms with Gasteiger partial charge in [0.1, 0.15) is 0 Å². The summed E-state index contributed by atoms with van der Waals surface area (Å²) in [4.78, 5) is 10.4. The summed E-state index contributed by atoms with van der Waals surface area (Å²) in [6.07, 6.45) is 0. The van der Waals surface area contributed by atoms with Crippen molar-refractivity contribution in [1.29, 1.82) is 0 Å². The lowest BCUT2D eigenvalue weighted by Gasteiger charge is -2.15. The van der Waals surface area contributed by atoms with E-state index in [2.05, 4.69) is 20.7 Å². The van der Waals surface area contributed by atoms with Crippen molar-refractivity contribution in [2.24, 2.45) is 0 Å². The Labute approximate surface area is 108 Å². The van der Waals surface area contributed by atoms with Gasteiger partial charge in [0.2, 0.25) is 10.0 Å². The predicted octanol–water partition coefficient (Wildman–Crippen LogP) is 1.51. The second kappa shape index (κ2) is 5.61. The molecule has 94 valence electrons. The van der Waals surface area contributed by atoms with E-state index in [4.69, 9.17) is 5.11 Å². The van der Waals surface area contributed by atoms with Gasteiger partial charge in [-0.25, -0.2) is 13.1 Å². The van der Waals surface area contributed by atoms with E-state index in [-0.39, 0.29) is 0 Å². The maximum atomic E-state index is 11.4. The fraction of sp³-hybridized carbons (Fsp3) is 0.300. The molecular weight excluding hydrogens is 310 g/mol. The first-order valence-corrected chi connectivity index (χ1v) is 7.22. The van der Waals surface area contributed by atoms with Crippen LogP contribution in [0, 0.1) is 0 Å². The summed E-state index contributed by atoms with van der Waals surface area (Å²) in [5.41, 5.74) is 0.751. The van der Waals surface area contributed by atoms with Gasteiger partial charge in [-0.05, 0) is 18.6 Å². The Morgan fingerprint density at radius 2 is 2.06 bits per heavy atom. The Morgan fingerprint density at radius 1 is 1.47 bits per heavy atom. The van der Waals surface area contributed by atoms with E-state index >= 15 is 0 Å². The first-order valence-electron chi connectivity index (χ1n) is 4.78. The molecule has 17 heavy (non-hydrogen) atoms. The summed E-state index contributed by atoms with van der Waals surface area (Å²) >= 11 is 3.30. The molecule has 1 rings (SSSR count). The number of halogens is 1. The number of hydrogen-bond acceptors (Lipinski definition) is 3. The summed E-state index contributed by atoms with van der Waals surface area (Å²) < 4.78 is 25.9. The van der Waals surface area contributed by atoms with Crippen molar-refractivity contribution >= 4 is 31.9 Å². The third kappa shape index (κ3) is 4.45. The lowest BCUT2D eigenvalue weighted by atomic mass is 10.1. The zero-order chi connectivity index (χ0) is 13.1. The maximum Gasteiger partial charge on any atom is 0.320 e. The Balaban J connectivity index is 2.83. The summed E-state index contributed by atoms with van der Waals surface area (Å²) in [5, 5.41) is 8.46. The molecule has 0 heterocycles. The molecule has 1 unspecified atom stereocenters. The van der Waals surface area contributed by atoms with Gasteiger partial charge < -0.3 is 5.11 Å². The largest absolute Gasteiger partial charge is 0.480 e. The number of benzene rings is 1. The average molecular weight is 322 g/mol. The van der Waals surface area contributed by atoms with Crippen molar-refractivity contribution in [2.45, 2.75) is 13.0 Å². The van der Waals surface area contributed by atoms with Crippen molar-refractivity contribution in [3.8, 4) is 0 Å². The molecule has 0 aliphatic rings. The fourth-order valence-electron chi connectivity index (χ4n) is 1.36. The first kappa shape index (κ1) is 14.1. The number of nitrogens with one attached hydrogen (secondary N) is 1. The first-order chi connectivity index (χ1) is 7.82. The average Bonchev–Trinajstić information content (AvgIpc) is 2.14. The summed E-state index contributed by atoms with van der Waals surface area (Å²) in [6.45, 7) is 1.65. The van der Waals surface area contributed by atoms with Gasteiger partial charge in [-0.1, -0.05) is 34.1 Å². The standard InChI is InChI=1S/C10H12BrNO4S/c1-7(8-4-2-3-5-9(8)11)12-17(15,16)6-10(13)14/h2-5,7,12H,6H2,1H3,(H,13,14). The molecule has 5 nitrogen and oxygen atoms in total. The summed E-state index contributed by atoms with van der Waals surface area (Å²) in [7, 11) is -3.82. The molecule has 1 aromatic carbocycles. The smallest absolute Gasteiger partial charge is 0.320 e. The van der Waals surface area contributed by atoms with E-state index in [9.17, 15) is 13.2 Å². The van der Waals surface area contributed by atoms with Gasteiger partial charge in [-0.3, -0.25) is 4.79 Å². The molecule has 0 aliphatic heterocycles. The molecule has 0 saturated heterocycles. The minimum absolute atomic E-state index is 0.491. The normalized spacial score (nSPS) is 13.3. The lowest BCUT2D eigenvalue weighted by Crippen LogP contribution is -2.32.